The van der Waals surface area contributed by atoms with Gasteiger partial charge in [-0.1, -0.05) is 12.8 Å². The van der Waals surface area contributed by atoms with Crippen molar-refractivity contribution in [3.8, 4) is 5.75 Å². The molecule has 0 unspecified atom stereocenters. The molecule has 1 aliphatic carbocycles. The first-order valence-electron chi connectivity index (χ1n) is 11.6. The van der Waals surface area contributed by atoms with Gasteiger partial charge in [0.05, 0.1) is 28.4 Å². The first-order valence-corrected chi connectivity index (χ1v) is 11.6. The first-order chi connectivity index (χ1) is 16.8. The van der Waals surface area contributed by atoms with Crippen LogP contribution in [0, 0.1) is 27.9 Å². The van der Waals surface area contributed by atoms with E-state index in [2.05, 4.69) is 0 Å². The van der Waals surface area contributed by atoms with Crippen LogP contribution in [0.15, 0.2) is 48.5 Å². The van der Waals surface area contributed by atoms with Gasteiger partial charge in [-0.25, -0.2) is 0 Å². The lowest BCUT2D eigenvalue weighted by atomic mass is 9.81. The highest BCUT2D eigenvalue weighted by Crippen LogP contribution is 2.40. The molecule has 10 heteroatoms. The summed E-state index contributed by atoms with van der Waals surface area (Å²) in [5.74, 6) is -2.11. The predicted molar refractivity (Wildman–Crippen MR) is 124 cm³/mol. The maximum absolute atomic E-state index is 12.8. The molecule has 2 heterocycles. The second kappa shape index (κ2) is 8.94. The molecule has 3 fully saturated rings. The molecule has 180 valence electrons. The number of carbonyl (C=O) groups is 4. The smallest absolute Gasteiger partial charge is 0.316 e. The Morgan fingerprint density at radius 2 is 1.46 bits per heavy atom. The van der Waals surface area contributed by atoms with E-state index < -0.39 is 16.8 Å². The lowest BCUT2D eigenvalue weighted by molar-refractivity contribution is -0.384. The summed E-state index contributed by atoms with van der Waals surface area (Å²) in [6.45, 7) is 0.104. The van der Waals surface area contributed by atoms with Gasteiger partial charge in [-0.2, -0.15) is 0 Å². The summed E-state index contributed by atoms with van der Waals surface area (Å²) >= 11 is 0. The summed E-state index contributed by atoms with van der Waals surface area (Å²) in [6, 6.07) is 11.8. The maximum Gasteiger partial charge on any atom is 0.316 e. The molecule has 35 heavy (non-hydrogen) atoms. The number of esters is 1. The molecule has 2 aromatic carbocycles. The molecule has 2 aliphatic heterocycles. The summed E-state index contributed by atoms with van der Waals surface area (Å²) in [4.78, 5) is 63.6. The van der Waals surface area contributed by atoms with E-state index in [0.29, 0.717) is 11.4 Å². The Kier molecular flexibility index (Phi) is 5.80. The molecule has 0 spiro atoms. The van der Waals surface area contributed by atoms with Crippen molar-refractivity contribution in [2.24, 2.45) is 17.8 Å². The highest BCUT2D eigenvalue weighted by molar-refractivity contribution is 6.22. The lowest BCUT2D eigenvalue weighted by Gasteiger charge is -2.19. The van der Waals surface area contributed by atoms with E-state index in [1.165, 1.54) is 46.2 Å². The van der Waals surface area contributed by atoms with Crippen molar-refractivity contribution in [3.63, 3.8) is 0 Å². The number of fused-ring (bicyclic) bond motifs is 1. The van der Waals surface area contributed by atoms with Crippen LogP contribution in [0.5, 0.6) is 5.75 Å². The maximum atomic E-state index is 12.8. The Bertz CT molecular complexity index is 1180. The predicted octanol–water partition coefficient (Wildman–Crippen LogP) is 3.23. The van der Waals surface area contributed by atoms with Gasteiger partial charge in [0, 0.05) is 30.8 Å². The molecule has 0 aromatic heterocycles. The van der Waals surface area contributed by atoms with E-state index in [0.717, 1.165) is 25.7 Å². The number of ether oxygens (including phenoxy) is 1. The fraction of sp³-hybridized carbons (Fsp3) is 0.360. The third-order valence-electron chi connectivity index (χ3n) is 6.99. The molecule has 0 N–H and O–H groups in total. The molecule has 3 atom stereocenters. The average Bonchev–Trinajstić information content (AvgIpc) is 3.37. The van der Waals surface area contributed by atoms with Crippen LogP contribution in [0.1, 0.15) is 32.1 Å². The highest BCUT2D eigenvalue weighted by atomic mass is 16.6. The van der Waals surface area contributed by atoms with Crippen molar-refractivity contribution < 1.29 is 28.8 Å². The first kappa shape index (κ1) is 22.7. The second-order valence-electron chi connectivity index (χ2n) is 9.10. The molecule has 0 bridgehead atoms. The number of hydrogen-bond donors (Lipinski definition) is 0. The van der Waals surface area contributed by atoms with Crippen LogP contribution in [0.2, 0.25) is 0 Å². The molecular weight excluding hydrogens is 454 g/mol. The van der Waals surface area contributed by atoms with Gasteiger partial charge in [0.15, 0.2) is 0 Å². The van der Waals surface area contributed by atoms with Gasteiger partial charge < -0.3 is 9.64 Å². The Hall–Kier alpha value is -4.08. The summed E-state index contributed by atoms with van der Waals surface area (Å²) in [5, 5.41) is 10.8. The monoisotopic (exact) mass is 477 g/mol. The Morgan fingerprint density at radius 3 is 2.03 bits per heavy atom. The number of rotatable bonds is 5. The minimum absolute atomic E-state index is 0.0343. The van der Waals surface area contributed by atoms with Gasteiger partial charge in [-0.3, -0.25) is 34.2 Å². The molecule has 2 aromatic rings. The summed E-state index contributed by atoms with van der Waals surface area (Å²) < 4.78 is 5.45. The topological polar surface area (TPSA) is 127 Å². The van der Waals surface area contributed by atoms with Gasteiger partial charge in [-0.05, 0) is 49.2 Å². The number of nitro groups is 1. The van der Waals surface area contributed by atoms with E-state index in [1.807, 2.05) is 0 Å². The van der Waals surface area contributed by atoms with Crippen molar-refractivity contribution in [2.45, 2.75) is 32.1 Å². The lowest BCUT2D eigenvalue weighted by Crippen LogP contribution is -2.30. The zero-order chi connectivity index (χ0) is 24.7. The van der Waals surface area contributed by atoms with Crippen LogP contribution < -0.4 is 14.5 Å². The molecule has 0 radical (unpaired) electrons. The Labute approximate surface area is 200 Å². The number of non-ortho nitro benzene ring substituents is 1. The van der Waals surface area contributed by atoms with E-state index in [4.69, 9.17) is 4.74 Å². The third kappa shape index (κ3) is 4.16. The van der Waals surface area contributed by atoms with Gasteiger partial charge >= 0.3 is 5.97 Å². The van der Waals surface area contributed by atoms with E-state index >= 15 is 0 Å². The van der Waals surface area contributed by atoms with Gasteiger partial charge in [-0.15, -0.1) is 0 Å². The molecule has 1 saturated carbocycles. The van der Waals surface area contributed by atoms with E-state index in [9.17, 15) is 29.3 Å². The number of imide groups is 1. The van der Waals surface area contributed by atoms with Crippen molar-refractivity contribution in [1.82, 2.24) is 0 Å². The van der Waals surface area contributed by atoms with E-state index in [-0.39, 0.29) is 54.0 Å². The van der Waals surface area contributed by atoms with Crippen molar-refractivity contribution >= 4 is 40.8 Å². The fourth-order valence-corrected chi connectivity index (χ4v) is 5.15. The molecule has 3 amide bonds. The zero-order valence-corrected chi connectivity index (χ0v) is 18.8. The van der Waals surface area contributed by atoms with Gasteiger partial charge in [0.1, 0.15) is 5.75 Å². The zero-order valence-electron chi connectivity index (χ0n) is 18.8. The normalized spacial score (nSPS) is 24.0. The number of carbonyl (C=O) groups excluding carboxylic acids is 4. The molecule has 2 saturated heterocycles. The van der Waals surface area contributed by atoms with E-state index in [1.54, 1.807) is 12.1 Å². The van der Waals surface area contributed by atoms with Crippen LogP contribution in [-0.2, 0) is 19.2 Å². The van der Waals surface area contributed by atoms with Crippen LogP contribution >= 0.6 is 0 Å². The highest BCUT2D eigenvalue weighted by Gasteiger charge is 2.48. The third-order valence-corrected chi connectivity index (χ3v) is 6.99. The quantitative estimate of drug-likeness (QED) is 0.213. The summed E-state index contributed by atoms with van der Waals surface area (Å²) in [5.41, 5.74) is 0.839. The van der Waals surface area contributed by atoms with Crippen LogP contribution in [0.25, 0.3) is 0 Å². The minimum Gasteiger partial charge on any atom is -0.426 e. The van der Waals surface area contributed by atoms with Crippen LogP contribution in [0.3, 0.4) is 0 Å². The Morgan fingerprint density at radius 1 is 0.886 bits per heavy atom. The van der Waals surface area contributed by atoms with Crippen LogP contribution in [0.4, 0.5) is 17.1 Å². The molecule has 3 aliphatic rings. The molecule has 10 nitrogen and oxygen atoms in total. The summed E-state index contributed by atoms with van der Waals surface area (Å²) in [7, 11) is 0. The number of hydrogen-bond acceptors (Lipinski definition) is 7. The van der Waals surface area contributed by atoms with Crippen molar-refractivity contribution in [1.29, 1.82) is 0 Å². The van der Waals surface area contributed by atoms with Crippen molar-refractivity contribution in [2.75, 3.05) is 16.3 Å². The second-order valence-corrected chi connectivity index (χ2v) is 9.10. The fourth-order valence-electron chi connectivity index (χ4n) is 5.15. The SMILES string of the molecule is O=C(Oc1ccc(N2C(=O)[C@@H]3CCCC[C@H]3C2=O)cc1)[C@H]1CC(=O)N(c2ccc([N+](=O)[O-])cc2)C1. The standard InChI is InChI=1S/C25H23N3O7/c29-22-13-15(14-26(22)16-5-7-18(8-6-16)28(33)34)25(32)35-19-11-9-17(10-12-19)27-23(30)20-3-1-2-4-21(20)24(27)31/h5-12,15,20-21H,1-4,13-14H2/t15-,20+,21+/m0/s1. The number of anilines is 2. The van der Waals surface area contributed by atoms with Gasteiger partial charge in [0.2, 0.25) is 17.7 Å². The average molecular weight is 477 g/mol. The number of nitrogens with zero attached hydrogens (tertiary/aromatic N) is 3. The molecular formula is C25H23N3O7. The Balaban J connectivity index is 1.23. The number of amides is 3. The number of benzene rings is 2. The largest absolute Gasteiger partial charge is 0.426 e. The minimum atomic E-state index is -0.692. The van der Waals surface area contributed by atoms with Gasteiger partial charge in [0.25, 0.3) is 5.69 Å². The molecule has 5 rings (SSSR count). The van der Waals surface area contributed by atoms with Crippen molar-refractivity contribution in [3.05, 3.63) is 58.6 Å². The summed E-state index contributed by atoms with van der Waals surface area (Å²) in [6.07, 6.45) is 3.34. The van der Waals surface area contributed by atoms with Crippen LogP contribution in [-0.4, -0.2) is 35.2 Å². The number of nitro benzene ring substituents is 1.